The van der Waals surface area contributed by atoms with Gasteiger partial charge in [0.25, 0.3) is 5.91 Å². The molecule has 1 aromatic heterocycles. The van der Waals surface area contributed by atoms with Crippen LogP contribution in [0.25, 0.3) is 6.08 Å². The van der Waals surface area contributed by atoms with E-state index < -0.39 is 5.91 Å². The minimum absolute atomic E-state index is 0.0320. The van der Waals surface area contributed by atoms with Crippen molar-refractivity contribution in [1.29, 1.82) is 5.26 Å². The van der Waals surface area contributed by atoms with E-state index in [4.69, 9.17) is 0 Å². The van der Waals surface area contributed by atoms with E-state index in [2.05, 4.69) is 33.2 Å². The summed E-state index contributed by atoms with van der Waals surface area (Å²) in [6, 6.07) is 15.2. The van der Waals surface area contributed by atoms with Crippen LogP contribution >= 0.6 is 15.9 Å². The summed E-state index contributed by atoms with van der Waals surface area (Å²) in [6.07, 6.45) is 2.38. The number of hydrogen-bond donors (Lipinski definition) is 1. The average molecular weight is 370 g/mol. The lowest BCUT2D eigenvalue weighted by molar-refractivity contribution is -0.117. The summed E-state index contributed by atoms with van der Waals surface area (Å²) in [5.74, 6) is -0.403. The first kappa shape index (κ1) is 16.9. The molecule has 0 bridgehead atoms. The van der Waals surface area contributed by atoms with Gasteiger partial charge in [-0.1, -0.05) is 37.3 Å². The summed E-state index contributed by atoms with van der Waals surface area (Å²) in [5, 5.41) is 12.0. The van der Waals surface area contributed by atoms with Crippen LogP contribution in [0.2, 0.25) is 0 Å². The predicted molar refractivity (Wildman–Crippen MR) is 93.2 cm³/mol. The molecular formula is C18H16BrN3O. The Morgan fingerprint density at radius 1 is 1.26 bits per heavy atom. The van der Waals surface area contributed by atoms with E-state index >= 15 is 0 Å². The van der Waals surface area contributed by atoms with Gasteiger partial charge in [-0.3, -0.25) is 4.79 Å². The number of pyridine rings is 1. The minimum atomic E-state index is -0.403. The van der Waals surface area contributed by atoms with Crippen LogP contribution in [0.5, 0.6) is 0 Å². The van der Waals surface area contributed by atoms with Crippen molar-refractivity contribution >= 4 is 27.9 Å². The zero-order valence-corrected chi connectivity index (χ0v) is 14.3. The van der Waals surface area contributed by atoms with Crippen LogP contribution in [0.4, 0.5) is 0 Å². The summed E-state index contributed by atoms with van der Waals surface area (Å²) in [7, 11) is 0. The normalized spacial score (nSPS) is 10.9. The van der Waals surface area contributed by atoms with Crippen LogP contribution in [-0.4, -0.2) is 10.9 Å². The largest absolute Gasteiger partial charge is 0.347 e. The van der Waals surface area contributed by atoms with Crippen molar-refractivity contribution in [3.05, 3.63) is 69.5 Å². The van der Waals surface area contributed by atoms with Gasteiger partial charge >= 0.3 is 0 Å². The van der Waals surface area contributed by atoms with Gasteiger partial charge in [-0.05, 0) is 51.7 Å². The highest BCUT2D eigenvalue weighted by Crippen LogP contribution is 2.11. The lowest BCUT2D eigenvalue weighted by Gasteiger charge is -2.08. The van der Waals surface area contributed by atoms with Crippen molar-refractivity contribution in [2.75, 3.05) is 0 Å². The van der Waals surface area contributed by atoms with Gasteiger partial charge in [0.15, 0.2) is 0 Å². The molecule has 0 saturated heterocycles. The summed E-state index contributed by atoms with van der Waals surface area (Å²) < 4.78 is 0.654. The van der Waals surface area contributed by atoms with Gasteiger partial charge in [0.2, 0.25) is 0 Å². The molecule has 2 aromatic rings. The first-order valence-electron chi connectivity index (χ1n) is 7.23. The third-order valence-corrected chi connectivity index (χ3v) is 3.77. The van der Waals surface area contributed by atoms with Crippen molar-refractivity contribution in [1.82, 2.24) is 10.3 Å². The molecule has 1 aromatic carbocycles. The standard InChI is InChI=1S/C18H16BrN3O/c1-2-13-6-3-4-7-14(13)12-21-18(23)15(11-20)10-16-8-5-9-17(19)22-16/h3-10H,2,12H2,1H3,(H,21,23)/b15-10+. The van der Waals surface area contributed by atoms with E-state index in [1.807, 2.05) is 30.3 Å². The quantitative estimate of drug-likeness (QED) is 0.497. The van der Waals surface area contributed by atoms with Gasteiger partial charge in [0.1, 0.15) is 16.2 Å². The van der Waals surface area contributed by atoms with E-state index in [9.17, 15) is 10.1 Å². The van der Waals surface area contributed by atoms with E-state index in [1.54, 1.807) is 18.2 Å². The zero-order valence-electron chi connectivity index (χ0n) is 12.7. The molecule has 0 radical (unpaired) electrons. The second-order valence-electron chi connectivity index (χ2n) is 4.86. The highest BCUT2D eigenvalue weighted by atomic mass is 79.9. The summed E-state index contributed by atoms with van der Waals surface area (Å²) in [5.41, 5.74) is 2.83. The summed E-state index contributed by atoms with van der Waals surface area (Å²) >= 11 is 3.26. The molecule has 2 rings (SSSR count). The van der Waals surface area contributed by atoms with Gasteiger partial charge in [-0.2, -0.15) is 5.26 Å². The van der Waals surface area contributed by atoms with Crippen LogP contribution < -0.4 is 5.32 Å². The van der Waals surface area contributed by atoms with Gasteiger partial charge in [0.05, 0.1) is 5.69 Å². The fourth-order valence-electron chi connectivity index (χ4n) is 2.15. The fourth-order valence-corrected chi connectivity index (χ4v) is 2.50. The minimum Gasteiger partial charge on any atom is -0.347 e. The number of carbonyl (C=O) groups is 1. The van der Waals surface area contributed by atoms with Gasteiger partial charge in [-0.15, -0.1) is 0 Å². The molecule has 0 aliphatic carbocycles. The maximum Gasteiger partial charge on any atom is 0.262 e. The second-order valence-corrected chi connectivity index (χ2v) is 5.67. The number of carbonyl (C=O) groups excluding carboxylic acids is 1. The highest BCUT2D eigenvalue weighted by Gasteiger charge is 2.10. The van der Waals surface area contributed by atoms with E-state index in [-0.39, 0.29) is 5.57 Å². The van der Waals surface area contributed by atoms with Crippen molar-refractivity contribution in [3.63, 3.8) is 0 Å². The fraction of sp³-hybridized carbons (Fsp3) is 0.167. The maximum absolute atomic E-state index is 12.2. The number of aryl methyl sites for hydroxylation is 1. The molecule has 116 valence electrons. The van der Waals surface area contributed by atoms with Crippen molar-refractivity contribution in [3.8, 4) is 6.07 Å². The number of nitrogens with zero attached hydrogens (tertiary/aromatic N) is 2. The lowest BCUT2D eigenvalue weighted by atomic mass is 10.1. The Morgan fingerprint density at radius 3 is 2.65 bits per heavy atom. The van der Waals surface area contributed by atoms with Crippen molar-refractivity contribution in [2.24, 2.45) is 0 Å². The molecule has 5 heteroatoms. The van der Waals surface area contributed by atoms with Crippen molar-refractivity contribution < 1.29 is 4.79 Å². The Labute approximate surface area is 144 Å². The molecule has 0 unspecified atom stereocenters. The molecule has 1 N–H and O–H groups in total. The Bertz CT molecular complexity index is 778. The van der Waals surface area contributed by atoms with Crippen LogP contribution in [0.1, 0.15) is 23.7 Å². The molecule has 0 aliphatic rings. The molecule has 4 nitrogen and oxygen atoms in total. The van der Waals surface area contributed by atoms with Crippen LogP contribution in [-0.2, 0) is 17.8 Å². The molecule has 1 amide bonds. The first-order chi connectivity index (χ1) is 11.1. The smallest absolute Gasteiger partial charge is 0.262 e. The van der Waals surface area contributed by atoms with E-state index in [0.29, 0.717) is 16.8 Å². The molecule has 0 aliphatic heterocycles. The number of amides is 1. The number of hydrogen-bond acceptors (Lipinski definition) is 3. The monoisotopic (exact) mass is 369 g/mol. The third kappa shape index (κ3) is 4.76. The molecular weight excluding hydrogens is 354 g/mol. The van der Waals surface area contributed by atoms with Gasteiger partial charge in [-0.25, -0.2) is 4.98 Å². The SMILES string of the molecule is CCc1ccccc1CNC(=O)/C(C#N)=C/c1cccc(Br)n1. The molecule has 1 heterocycles. The Hall–Kier alpha value is -2.45. The van der Waals surface area contributed by atoms with E-state index in [0.717, 1.165) is 12.0 Å². The predicted octanol–water partition coefficient (Wildman–Crippen LogP) is 3.63. The number of benzene rings is 1. The summed E-state index contributed by atoms with van der Waals surface area (Å²) in [6.45, 7) is 2.47. The third-order valence-electron chi connectivity index (χ3n) is 3.33. The number of nitrogens with one attached hydrogen (secondary N) is 1. The number of aromatic nitrogens is 1. The van der Waals surface area contributed by atoms with Gasteiger partial charge < -0.3 is 5.32 Å². The Kier molecular flexibility index (Phi) is 6.07. The molecule has 0 saturated carbocycles. The Morgan fingerprint density at radius 2 is 2.00 bits per heavy atom. The van der Waals surface area contributed by atoms with Crippen LogP contribution in [0.15, 0.2) is 52.6 Å². The maximum atomic E-state index is 12.2. The second kappa shape index (κ2) is 8.25. The number of rotatable bonds is 5. The Balaban J connectivity index is 2.10. The average Bonchev–Trinajstić information content (AvgIpc) is 2.57. The van der Waals surface area contributed by atoms with Crippen molar-refractivity contribution in [2.45, 2.75) is 19.9 Å². The first-order valence-corrected chi connectivity index (χ1v) is 8.02. The molecule has 0 spiro atoms. The number of nitriles is 1. The molecule has 0 fully saturated rings. The van der Waals surface area contributed by atoms with Crippen LogP contribution in [0, 0.1) is 11.3 Å². The van der Waals surface area contributed by atoms with Crippen LogP contribution in [0.3, 0.4) is 0 Å². The molecule has 23 heavy (non-hydrogen) atoms. The van der Waals surface area contributed by atoms with Gasteiger partial charge in [0, 0.05) is 6.54 Å². The highest BCUT2D eigenvalue weighted by molar-refractivity contribution is 9.10. The summed E-state index contributed by atoms with van der Waals surface area (Å²) in [4.78, 5) is 16.4. The zero-order chi connectivity index (χ0) is 16.7. The van der Waals surface area contributed by atoms with E-state index in [1.165, 1.54) is 11.6 Å². The number of halogens is 1. The molecule has 0 atom stereocenters. The lowest BCUT2D eigenvalue weighted by Crippen LogP contribution is -2.24. The topological polar surface area (TPSA) is 65.8 Å².